The van der Waals surface area contributed by atoms with Crippen LogP contribution in [0.2, 0.25) is 0 Å². The number of nitrogens with two attached hydrogens (primary N) is 1. The molecular formula is C11H16F3N3O. The predicted octanol–water partition coefficient (Wildman–Crippen LogP) is 1.73. The number of halogens is 3. The molecule has 0 spiro atoms. The first-order valence-electron chi connectivity index (χ1n) is 5.33. The Labute approximate surface area is 104 Å². The van der Waals surface area contributed by atoms with Crippen LogP contribution in [-0.2, 0) is 4.74 Å². The minimum Gasteiger partial charge on any atom is -0.370 e. The van der Waals surface area contributed by atoms with Gasteiger partial charge in [0.25, 0.3) is 0 Å². The quantitative estimate of drug-likeness (QED) is 0.879. The molecule has 1 aromatic heterocycles. The second-order valence-electron chi connectivity index (χ2n) is 4.08. The maximum Gasteiger partial charge on any atom is 0.411 e. The molecule has 18 heavy (non-hydrogen) atoms. The van der Waals surface area contributed by atoms with Crippen LogP contribution in [0.5, 0.6) is 0 Å². The van der Waals surface area contributed by atoms with Gasteiger partial charge in [0.1, 0.15) is 12.4 Å². The Kier molecular flexibility index (Phi) is 4.92. The molecule has 0 saturated heterocycles. The zero-order valence-electron chi connectivity index (χ0n) is 10.2. The molecule has 7 heteroatoms. The second-order valence-corrected chi connectivity index (χ2v) is 4.08. The molecule has 0 aliphatic heterocycles. The SMILES string of the molecule is CN(C)c1ccc(C(N)COCC(F)(F)F)cn1. The fourth-order valence-electron chi connectivity index (χ4n) is 1.28. The zero-order chi connectivity index (χ0) is 13.8. The molecule has 1 unspecified atom stereocenters. The summed E-state index contributed by atoms with van der Waals surface area (Å²) in [5.74, 6) is 0.752. The standard InChI is InChI=1S/C11H16F3N3O/c1-17(2)10-4-3-8(5-16-10)9(15)6-18-7-11(12,13)14/h3-5,9H,6-7,15H2,1-2H3. The summed E-state index contributed by atoms with van der Waals surface area (Å²) in [6, 6.07) is 2.86. The molecule has 0 bridgehead atoms. The highest BCUT2D eigenvalue weighted by Gasteiger charge is 2.27. The molecule has 1 aromatic rings. The van der Waals surface area contributed by atoms with Gasteiger partial charge in [0, 0.05) is 20.3 Å². The van der Waals surface area contributed by atoms with Gasteiger partial charge in [0.15, 0.2) is 0 Å². The van der Waals surface area contributed by atoms with E-state index in [-0.39, 0.29) is 6.61 Å². The van der Waals surface area contributed by atoms with Crippen molar-refractivity contribution in [2.45, 2.75) is 12.2 Å². The first-order valence-corrected chi connectivity index (χ1v) is 5.33. The Morgan fingerprint density at radius 3 is 2.50 bits per heavy atom. The third kappa shape index (κ3) is 4.89. The molecule has 0 aliphatic carbocycles. The molecule has 1 atom stereocenters. The van der Waals surface area contributed by atoms with Crippen LogP contribution in [0.4, 0.5) is 19.0 Å². The maximum absolute atomic E-state index is 11.9. The molecule has 0 amide bonds. The molecule has 2 N–H and O–H groups in total. The van der Waals surface area contributed by atoms with Crippen LogP contribution in [0.3, 0.4) is 0 Å². The van der Waals surface area contributed by atoms with Crippen LogP contribution in [0.1, 0.15) is 11.6 Å². The summed E-state index contributed by atoms with van der Waals surface area (Å²) in [4.78, 5) is 5.94. The third-order valence-electron chi connectivity index (χ3n) is 2.22. The first kappa shape index (κ1) is 14.7. The monoisotopic (exact) mass is 263 g/mol. The van der Waals surface area contributed by atoms with Gasteiger partial charge >= 0.3 is 6.18 Å². The molecule has 102 valence electrons. The number of hydrogen-bond donors (Lipinski definition) is 1. The lowest BCUT2D eigenvalue weighted by atomic mass is 10.1. The summed E-state index contributed by atoms with van der Waals surface area (Å²) in [5, 5.41) is 0. The summed E-state index contributed by atoms with van der Waals surface area (Å²) < 4.78 is 40.1. The third-order valence-corrected chi connectivity index (χ3v) is 2.22. The molecule has 0 radical (unpaired) electrons. The van der Waals surface area contributed by atoms with Gasteiger partial charge in [0.2, 0.25) is 0 Å². The summed E-state index contributed by atoms with van der Waals surface area (Å²) in [5.41, 5.74) is 6.35. The van der Waals surface area contributed by atoms with E-state index in [0.29, 0.717) is 5.56 Å². The average Bonchev–Trinajstić information content (AvgIpc) is 2.27. The molecule has 1 rings (SSSR count). The van der Waals surface area contributed by atoms with E-state index in [2.05, 4.69) is 9.72 Å². The van der Waals surface area contributed by atoms with Crippen LogP contribution >= 0.6 is 0 Å². The van der Waals surface area contributed by atoms with Gasteiger partial charge in [-0.2, -0.15) is 13.2 Å². The zero-order valence-corrected chi connectivity index (χ0v) is 10.2. The van der Waals surface area contributed by atoms with Crippen molar-refractivity contribution in [3.63, 3.8) is 0 Å². The van der Waals surface area contributed by atoms with E-state index in [0.717, 1.165) is 5.82 Å². The number of hydrogen-bond acceptors (Lipinski definition) is 4. The van der Waals surface area contributed by atoms with Crippen LogP contribution in [0.15, 0.2) is 18.3 Å². The number of alkyl halides is 3. The van der Waals surface area contributed by atoms with E-state index in [1.807, 2.05) is 19.0 Å². The van der Waals surface area contributed by atoms with Gasteiger partial charge in [-0.25, -0.2) is 4.98 Å². The van der Waals surface area contributed by atoms with Crippen LogP contribution < -0.4 is 10.6 Å². The topological polar surface area (TPSA) is 51.4 Å². The molecular weight excluding hydrogens is 247 g/mol. The van der Waals surface area contributed by atoms with Gasteiger partial charge < -0.3 is 15.4 Å². The number of pyridine rings is 1. The number of rotatable bonds is 5. The number of nitrogens with zero attached hydrogens (tertiary/aromatic N) is 2. The lowest BCUT2D eigenvalue weighted by molar-refractivity contribution is -0.174. The highest BCUT2D eigenvalue weighted by atomic mass is 19.4. The van der Waals surface area contributed by atoms with Crippen molar-refractivity contribution in [3.8, 4) is 0 Å². The van der Waals surface area contributed by atoms with Gasteiger partial charge in [-0.05, 0) is 11.6 Å². The molecule has 1 heterocycles. The van der Waals surface area contributed by atoms with E-state index in [1.165, 1.54) is 6.20 Å². The largest absolute Gasteiger partial charge is 0.411 e. The molecule has 0 saturated carbocycles. The summed E-state index contributed by atoms with van der Waals surface area (Å²) in [7, 11) is 3.68. The van der Waals surface area contributed by atoms with Gasteiger partial charge in [0.05, 0.1) is 12.6 Å². The van der Waals surface area contributed by atoms with Gasteiger partial charge in [-0.1, -0.05) is 6.07 Å². The number of ether oxygens (including phenoxy) is 1. The highest BCUT2D eigenvalue weighted by molar-refractivity contribution is 5.37. The van der Waals surface area contributed by atoms with Crippen molar-refractivity contribution in [1.82, 2.24) is 4.98 Å². The van der Waals surface area contributed by atoms with Crippen molar-refractivity contribution in [2.75, 3.05) is 32.2 Å². The predicted molar refractivity (Wildman–Crippen MR) is 62.4 cm³/mol. The van der Waals surface area contributed by atoms with E-state index in [4.69, 9.17) is 5.73 Å². The van der Waals surface area contributed by atoms with E-state index < -0.39 is 18.8 Å². The second kappa shape index (κ2) is 6.01. The lowest BCUT2D eigenvalue weighted by Crippen LogP contribution is -2.23. The Morgan fingerprint density at radius 1 is 1.39 bits per heavy atom. The molecule has 0 aromatic carbocycles. The maximum atomic E-state index is 11.9. The van der Waals surface area contributed by atoms with Crippen molar-refractivity contribution >= 4 is 5.82 Å². The van der Waals surface area contributed by atoms with Gasteiger partial charge in [-0.15, -0.1) is 0 Å². The van der Waals surface area contributed by atoms with Crippen LogP contribution in [-0.4, -0.2) is 38.5 Å². The fraction of sp³-hybridized carbons (Fsp3) is 0.545. The smallest absolute Gasteiger partial charge is 0.370 e. The molecule has 0 fully saturated rings. The van der Waals surface area contributed by atoms with E-state index in [1.54, 1.807) is 12.1 Å². The lowest BCUT2D eigenvalue weighted by Gasteiger charge is -2.15. The van der Waals surface area contributed by atoms with Crippen LogP contribution in [0.25, 0.3) is 0 Å². The van der Waals surface area contributed by atoms with E-state index in [9.17, 15) is 13.2 Å². The summed E-state index contributed by atoms with van der Waals surface area (Å²) in [6.45, 7) is -1.48. The summed E-state index contributed by atoms with van der Waals surface area (Å²) in [6.07, 6.45) is -2.79. The Morgan fingerprint density at radius 2 is 2.06 bits per heavy atom. The van der Waals surface area contributed by atoms with Crippen molar-refractivity contribution in [2.24, 2.45) is 5.73 Å². The highest BCUT2D eigenvalue weighted by Crippen LogP contribution is 2.17. The van der Waals surface area contributed by atoms with Crippen molar-refractivity contribution in [3.05, 3.63) is 23.9 Å². The fourth-order valence-corrected chi connectivity index (χ4v) is 1.28. The Hall–Kier alpha value is -1.34. The molecule has 4 nitrogen and oxygen atoms in total. The average molecular weight is 263 g/mol. The normalized spacial score (nSPS) is 13.4. The van der Waals surface area contributed by atoms with Crippen molar-refractivity contribution < 1.29 is 17.9 Å². The van der Waals surface area contributed by atoms with Gasteiger partial charge in [-0.3, -0.25) is 0 Å². The van der Waals surface area contributed by atoms with E-state index >= 15 is 0 Å². The minimum absolute atomic E-state index is 0.192. The molecule has 0 aliphatic rings. The Balaban J connectivity index is 2.49. The van der Waals surface area contributed by atoms with Crippen molar-refractivity contribution in [1.29, 1.82) is 0 Å². The Bertz CT molecular complexity index is 365. The van der Waals surface area contributed by atoms with Crippen LogP contribution in [0, 0.1) is 0 Å². The number of aromatic nitrogens is 1. The number of anilines is 1. The minimum atomic E-state index is -4.33. The first-order chi connectivity index (χ1) is 8.29. The summed E-state index contributed by atoms with van der Waals surface area (Å²) >= 11 is 0.